The summed E-state index contributed by atoms with van der Waals surface area (Å²) in [5.74, 6) is 1.68. The lowest BCUT2D eigenvalue weighted by molar-refractivity contribution is 0.414. The second-order valence-corrected chi connectivity index (χ2v) is 14.0. The predicted octanol–water partition coefficient (Wildman–Crippen LogP) is 13.3. The Hall–Kier alpha value is -7.16. The molecule has 0 bridgehead atoms. The van der Waals surface area contributed by atoms with Crippen molar-refractivity contribution < 1.29 is 9.47 Å². The summed E-state index contributed by atoms with van der Waals surface area (Å²) in [6.45, 7) is 0. The first kappa shape index (κ1) is 36.8. The van der Waals surface area contributed by atoms with Gasteiger partial charge in [-0.15, -0.1) is 0 Å². The molecule has 0 heterocycles. The van der Waals surface area contributed by atoms with E-state index in [1.54, 1.807) is 14.2 Å². The van der Waals surface area contributed by atoms with E-state index in [4.69, 9.17) is 9.47 Å². The summed E-state index contributed by atoms with van der Waals surface area (Å²) in [5, 5.41) is 0. The van der Waals surface area contributed by atoms with Crippen molar-refractivity contribution in [3.8, 4) is 11.5 Å². The van der Waals surface area contributed by atoms with Crippen molar-refractivity contribution in [2.45, 2.75) is 6.42 Å². The lowest BCUT2D eigenvalue weighted by atomic mass is 9.85. The molecule has 0 aliphatic rings. The average Bonchev–Trinajstić information content (AvgIpc) is 3.29. The van der Waals surface area contributed by atoms with E-state index in [9.17, 15) is 0 Å². The van der Waals surface area contributed by atoms with Crippen LogP contribution in [-0.4, -0.2) is 14.2 Å². The summed E-state index contributed by atoms with van der Waals surface area (Å²) in [6, 6.07) is 77.7. The largest absolute Gasteiger partial charge is 0.497 e. The van der Waals surface area contributed by atoms with Gasteiger partial charge in [0.15, 0.2) is 0 Å². The Morgan fingerprint density at radius 3 is 0.702 bits per heavy atom. The second-order valence-electron chi connectivity index (χ2n) is 14.0. The summed E-state index contributed by atoms with van der Waals surface area (Å²) < 4.78 is 11.0. The van der Waals surface area contributed by atoms with Crippen LogP contribution >= 0.6 is 0 Å². The Morgan fingerprint density at radius 2 is 0.474 bits per heavy atom. The highest BCUT2D eigenvalue weighted by Gasteiger charge is 2.18. The fourth-order valence-corrected chi connectivity index (χ4v) is 7.57. The molecule has 0 N–H and O–H groups in total. The van der Waals surface area contributed by atoms with E-state index in [1.807, 2.05) is 24.3 Å². The highest BCUT2D eigenvalue weighted by molar-refractivity contribution is 6.05. The van der Waals surface area contributed by atoms with Crippen molar-refractivity contribution in [1.29, 1.82) is 0 Å². The zero-order valence-electron chi connectivity index (χ0n) is 32.3. The molecular formula is C55H44O2. The number of hydrogen-bond donors (Lipinski definition) is 0. The average molecular weight is 737 g/mol. The number of methoxy groups -OCH3 is 2. The van der Waals surface area contributed by atoms with Crippen LogP contribution in [0.3, 0.4) is 0 Å². The zero-order chi connectivity index (χ0) is 38.8. The van der Waals surface area contributed by atoms with Crippen LogP contribution in [0.2, 0.25) is 0 Å². The molecule has 57 heavy (non-hydrogen) atoms. The van der Waals surface area contributed by atoms with Crippen LogP contribution in [0.5, 0.6) is 11.5 Å². The highest BCUT2D eigenvalue weighted by Crippen LogP contribution is 2.39. The molecular weight excluding hydrogens is 693 g/mol. The lowest BCUT2D eigenvalue weighted by Gasteiger charge is -2.19. The van der Waals surface area contributed by atoms with Crippen molar-refractivity contribution in [3.05, 3.63) is 274 Å². The number of ether oxygens (including phenoxy) is 2. The van der Waals surface area contributed by atoms with Gasteiger partial charge >= 0.3 is 0 Å². The number of hydrogen-bond acceptors (Lipinski definition) is 2. The summed E-state index contributed by atoms with van der Waals surface area (Å²) in [5.41, 5.74) is 16.5. The maximum Gasteiger partial charge on any atom is 0.118 e. The SMILES string of the molecule is COc1ccc(/C(=C(/c2ccccc2)c2ccc(Cc3ccc(/C(=C(\c4ccccc4)c4ccc(OC)cc4)c4ccccc4)cc3)cc2)c2ccccc2)cc1. The highest BCUT2D eigenvalue weighted by atomic mass is 16.5. The van der Waals surface area contributed by atoms with Crippen LogP contribution < -0.4 is 9.47 Å². The van der Waals surface area contributed by atoms with E-state index in [-0.39, 0.29) is 0 Å². The van der Waals surface area contributed by atoms with Crippen LogP contribution in [0.4, 0.5) is 0 Å². The van der Waals surface area contributed by atoms with Crippen molar-refractivity contribution >= 4 is 22.3 Å². The third-order valence-electron chi connectivity index (χ3n) is 10.4. The molecule has 0 aliphatic heterocycles. The van der Waals surface area contributed by atoms with Gasteiger partial charge in [-0.05, 0) is 109 Å². The molecule has 276 valence electrons. The number of rotatable bonds is 12. The molecule has 0 aliphatic carbocycles. The Morgan fingerprint density at radius 1 is 0.263 bits per heavy atom. The molecule has 2 heteroatoms. The van der Waals surface area contributed by atoms with Gasteiger partial charge in [0, 0.05) is 0 Å². The summed E-state index contributed by atoms with van der Waals surface area (Å²) in [6.07, 6.45) is 0.823. The first-order chi connectivity index (χ1) is 28.2. The smallest absolute Gasteiger partial charge is 0.118 e. The van der Waals surface area contributed by atoms with Gasteiger partial charge in [-0.2, -0.15) is 0 Å². The van der Waals surface area contributed by atoms with E-state index in [0.717, 1.165) is 40.2 Å². The minimum absolute atomic E-state index is 0.823. The fourth-order valence-electron chi connectivity index (χ4n) is 7.57. The van der Waals surface area contributed by atoms with Crippen molar-refractivity contribution in [3.63, 3.8) is 0 Å². The molecule has 0 radical (unpaired) electrons. The van der Waals surface area contributed by atoms with Gasteiger partial charge in [-0.1, -0.05) is 194 Å². The maximum absolute atomic E-state index is 5.52. The van der Waals surface area contributed by atoms with Crippen molar-refractivity contribution in [1.82, 2.24) is 0 Å². The third kappa shape index (κ3) is 8.42. The van der Waals surface area contributed by atoms with Gasteiger partial charge < -0.3 is 9.47 Å². The monoisotopic (exact) mass is 736 g/mol. The Balaban J connectivity index is 1.17. The Labute approximate surface area is 336 Å². The van der Waals surface area contributed by atoms with E-state index in [2.05, 4.69) is 194 Å². The molecule has 8 aromatic carbocycles. The molecule has 8 aromatic rings. The van der Waals surface area contributed by atoms with Crippen LogP contribution in [-0.2, 0) is 6.42 Å². The molecule has 0 unspecified atom stereocenters. The minimum atomic E-state index is 0.823. The maximum atomic E-state index is 5.52. The molecule has 2 nitrogen and oxygen atoms in total. The van der Waals surface area contributed by atoms with Crippen LogP contribution in [0, 0.1) is 0 Å². The molecule has 0 atom stereocenters. The van der Waals surface area contributed by atoms with Gasteiger partial charge in [-0.3, -0.25) is 0 Å². The standard InChI is InChI=1S/C55H44O2/c1-56-50-35-31-48(32-36-50)54(44-19-11-5-12-20-44)52(42-15-7-3-8-16-42)46-27-23-40(24-28-46)39-41-25-29-47(30-26-41)53(43-17-9-4-10-18-43)55(45-21-13-6-14-22-45)49-33-37-51(57-2)38-34-49/h3-38H,39H2,1-2H3/b54-52-,55-53+. The van der Waals surface area contributed by atoms with Crippen molar-refractivity contribution in [2.75, 3.05) is 14.2 Å². The molecule has 0 spiro atoms. The summed E-state index contributed by atoms with van der Waals surface area (Å²) in [7, 11) is 3.41. The molecule has 0 saturated carbocycles. The predicted molar refractivity (Wildman–Crippen MR) is 237 cm³/mol. The van der Waals surface area contributed by atoms with Crippen molar-refractivity contribution in [2.24, 2.45) is 0 Å². The minimum Gasteiger partial charge on any atom is -0.497 e. The van der Waals surface area contributed by atoms with Gasteiger partial charge in [-0.25, -0.2) is 0 Å². The quantitative estimate of drug-likeness (QED) is 0.116. The topological polar surface area (TPSA) is 18.5 Å². The third-order valence-corrected chi connectivity index (χ3v) is 10.4. The van der Waals surface area contributed by atoms with Crippen LogP contribution in [0.15, 0.2) is 218 Å². The fraction of sp³-hybridized carbons (Fsp3) is 0.0545. The van der Waals surface area contributed by atoms with E-state index < -0.39 is 0 Å². The van der Waals surface area contributed by atoms with Gasteiger partial charge in [0.2, 0.25) is 0 Å². The molecule has 0 fully saturated rings. The van der Waals surface area contributed by atoms with E-state index >= 15 is 0 Å². The Kier molecular flexibility index (Phi) is 11.3. The first-order valence-corrected chi connectivity index (χ1v) is 19.4. The first-order valence-electron chi connectivity index (χ1n) is 19.4. The number of benzene rings is 8. The molecule has 0 amide bonds. The Bertz CT molecular complexity index is 2390. The van der Waals surface area contributed by atoms with Crippen LogP contribution in [0.1, 0.15) is 55.6 Å². The summed E-state index contributed by atoms with van der Waals surface area (Å²) in [4.78, 5) is 0. The second kappa shape index (κ2) is 17.5. The molecule has 0 aromatic heterocycles. The van der Waals surface area contributed by atoms with Crippen LogP contribution in [0.25, 0.3) is 22.3 Å². The van der Waals surface area contributed by atoms with Gasteiger partial charge in [0.05, 0.1) is 14.2 Å². The molecule has 0 saturated heterocycles. The summed E-state index contributed by atoms with van der Waals surface area (Å²) >= 11 is 0. The van der Waals surface area contributed by atoms with Gasteiger partial charge in [0.1, 0.15) is 11.5 Å². The van der Waals surface area contributed by atoms with Gasteiger partial charge in [0.25, 0.3) is 0 Å². The van der Waals surface area contributed by atoms with E-state index in [0.29, 0.717) is 0 Å². The normalized spacial score (nSPS) is 12.0. The zero-order valence-corrected chi connectivity index (χ0v) is 32.3. The van der Waals surface area contributed by atoms with E-state index in [1.165, 1.54) is 55.7 Å². The lowest BCUT2D eigenvalue weighted by Crippen LogP contribution is -1.99. The molecule has 8 rings (SSSR count).